The maximum atomic E-state index is 12.7. The van der Waals surface area contributed by atoms with E-state index in [2.05, 4.69) is 38.8 Å². The molecule has 2 aliphatic rings. The van der Waals surface area contributed by atoms with E-state index in [0.29, 0.717) is 43.9 Å². The van der Waals surface area contributed by atoms with Gasteiger partial charge in [0.2, 0.25) is 0 Å². The van der Waals surface area contributed by atoms with Gasteiger partial charge in [-0.2, -0.15) is 0 Å². The zero-order chi connectivity index (χ0) is 23.4. The summed E-state index contributed by atoms with van der Waals surface area (Å²) < 4.78 is 11.2. The second-order valence-electron chi connectivity index (χ2n) is 10.0. The Labute approximate surface area is 201 Å². The first-order valence-electron chi connectivity index (χ1n) is 12.0. The van der Waals surface area contributed by atoms with Crippen LogP contribution >= 0.6 is 11.8 Å². The number of hydrogen-bond acceptors (Lipinski definition) is 7. The summed E-state index contributed by atoms with van der Waals surface area (Å²) in [6, 6.07) is 6.33. The third-order valence-corrected chi connectivity index (χ3v) is 7.33. The molecule has 0 spiro atoms. The van der Waals surface area contributed by atoms with E-state index in [1.807, 2.05) is 6.07 Å². The molecule has 2 fully saturated rings. The summed E-state index contributed by atoms with van der Waals surface area (Å²) >= 11 is 1.56. The van der Waals surface area contributed by atoms with Crippen molar-refractivity contribution in [1.29, 1.82) is 0 Å². The fourth-order valence-electron chi connectivity index (χ4n) is 4.33. The Balaban J connectivity index is 1.47. The highest BCUT2D eigenvalue weighted by Crippen LogP contribution is 2.31. The molecule has 1 aliphatic heterocycles. The van der Waals surface area contributed by atoms with Crippen LogP contribution in [0.4, 0.5) is 5.82 Å². The molecule has 1 saturated heterocycles. The van der Waals surface area contributed by atoms with Crippen molar-refractivity contribution < 1.29 is 13.9 Å². The van der Waals surface area contributed by atoms with Gasteiger partial charge < -0.3 is 19.0 Å². The molecule has 0 unspecified atom stereocenters. The van der Waals surface area contributed by atoms with Crippen LogP contribution in [0.2, 0.25) is 0 Å². The number of amides is 1. The fourth-order valence-corrected chi connectivity index (χ4v) is 5.07. The number of ether oxygens (including phenoxy) is 1. The predicted molar refractivity (Wildman–Crippen MR) is 131 cm³/mol. The van der Waals surface area contributed by atoms with Gasteiger partial charge in [-0.3, -0.25) is 4.79 Å². The minimum atomic E-state index is -0.0723. The van der Waals surface area contributed by atoms with Crippen LogP contribution < -0.4 is 4.90 Å². The van der Waals surface area contributed by atoms with Crippen molar-refractivity contribution in [3.05, 3.63) is 35.4 Å². The lowest BCUT2D eigenvalue weighted by molar-refractivity contribution is 0.0282. The van der Waals surface area contributed by atoms with E-state index in [-0.39, 0.29) is 11.3 Å². The zero-order valence-electron chi connectivity index (χ0n) is 20.3. The van der Waals surface area contributed by atoms with Crippen molar-refractivity contribution in [2.45, 2.75) is 75.2 Å². The lowest BCUT2D eigenvalue weighted by atomic mass is 9.91. The topological polar surface area (TPSA) is 71.7 Å². The van der Waals surface area contributed by atoms with Crippen molar-refractivity contribution in [3.63, 3.8) is 0 Å². The van der Waals surface area contributed by atoms with E-state index in [9.17, 15) is 4.79 Å². The first-order valence-corrected chi connectivity index (χ1v) is 13.0. The lowest BCUT2D eigenvalue weighted by Crippen LogP contribution is -2.40. The summed E-state index contributed by atoms with van der Waals surface area (Å²) in [5, 5.41) is 0.748. The number of anilines is 1. The van der Waals surface area contributed by atoms with Crippen LogP contribution in [0.5, 0.6) is 0 Å². The lowest BCUT2D eigenvalue weighted by Gasteiger charge is -2.33. The molecule has 3 heterocycles. The second-order valence-corrected chi connectivity index (χ2v) is 10.9. The van der Waals surface area contributed by atoms with Crippen LogP contribution in [0.3, 0.4) is 0 Å². The third-order valence-electron chi connectivity index (χ3n) is 6.46. The van der Waals surface area contributed by atoms with Gasteiger partial charge >= 0.3 is 0 Å². The van der Waals surface area contributed by atoms with Gasteiger partial charge in [0.15, 0.2) is 10.9 Å². The maximum Gasteiger partial charge on any atom is 0.289 e. The number of thioether (sulfide) groups is 1. The van der Waals surface area contributed by atoms with Crippen LogP contribution in [0.15, 0.2) is 27.8 Å². The highest BCUT2D eigenvalue weighted by Gasteiger charge is 2.24. The quantitative estimate of drug-likeness (QED) is 0.437. The Hall–Kier alpha value is -2.06. The van der Waals surface area contributed by atoms with Crippen molar-refractivity contribution >= 4 is 23.5 Å². The highest BCUT2D eigenvalue weighted by molar-refractivity contribution is 7.98. The van der Waals surface area contributed by atoms with Crippen molar-refractivity contribution in [1.82, 2.24) is 14.9 Å². The Morgan fingerprint density at radius 2 is 1.88 bits per heavy atom. The first-order chi connectivity index (χ1) is 15.8. The van der Waals surface area contributed by atoms with Crippen LogP contribution in [0, 0.1) is 0 Å². The normalized spacial score (nSPS) is 17.9. The molecule has 1 saturated carbocycles. The Morgan fingerprint density at radius 1 is 1.15 bits per heavy atom. The van der Waals surface area contributed by atoms with E-state index in [4.69, 9.17) is 19.1 Å². The minimum absolute atomic E-state index is 0.0666. The molecular weight excluding hydrogens is 436 g/mol. The van der Waals surface area contributed by atoms with Crippen molar-refractivity contribution in [3.8, 4) is 0 Å². The number of carbonyl (C=O) groups excluding carboxylic acids is 1. The zero-order valence-corrected chi connectivity index (χ0v) is 21.1. The third kappa shape index (κ3) is 6.09. The molecule has 0 radical (unpaired) electrons. The Morgan fingerprint density at radius 3 is 2.58 bits per heavy atom. The van der Waals surface area contributed by atoms with Gasteiger partial charge in [-0.1, -0.05) is 51.8 Å². The van der Waals surface area contributed by atoms with E-state index in [0.717, 1.165) is 22.4 Å². The van der Waals surface area contributed by atoms with Gasteiger partial charge in [0.25, 0.3) is 5.91 Å². The average molecular weight is 473 g/mol. The first kappa shape index (κ1) is 24.1. The van der Waals surface area contributed by atoms with E-state index in [1.165, 1.54) is 32.1 Å². The molecule has 2 aromatic rings. The molecule has 8 heteroatoms. The SMILES string of the molecule is CN(c1cc(C(C)(C)C)nc(SCc2ccc(C(=O)N3CCOCC3)o2)n1)C1CCCCC1. The molecule has 7 nitrogen and oxygen atoms in total. The summed E-state index contributed by atoms with van der Waals surface area (Å²) in [7, 11) is 2.16. The van der Waals surface area contributed by atoms with Crippen molar-refractivity contribution in [2.75, 3.05) is 38.3 Å². The van der Waals surface area contributed by atoms with Gasteiger partial charge in [0.1, 0.15) is 11.6 Å². The van der Waals surface area contributed by atoms with Crippen molar-refractivity contribution in [2.24, 2.45) is 0 Å². The average Bonchev–Trinajstić information content (AvgIpc) is 3.31. The molecule has 0 N–H and O–H groups in total. The molecule has 33 heavy (non-hydrogen) atoms. The molecule has 0 bridgehead atoms. The molecule has 4 rings (SSSR count). The molecule has 2 aromatic heterocycles. The van der Waals surface area contributed by atoms with Gasteiger partial charge in [0, 0.05) is 37.7 Å². The van der Waals surface area contributed by atoms with Gasteiger partial charge in [-0.05, 0) is 25.0 Å². The summed E-state index contributed by atoms with van der Waals surface area (Å²) in [6.07, 6.45) is 6.36. The standard InChI is InChI=1S/C25H36N4O3S/c1-25(2,3)21-16-22(28(4)18-8-6-5-7-9-18)27-24(26-21)33-17-19-10-11-20(32-19)23(30)29-12-14-31-15-13-29/h10-11,16,18H,5-9,12-15,17H2,1-4H3. The van der Waals surface area contributed by atoms with E-state index >= 15 is 0 Å². The van der Waals surface area contributed by atoms with Gasteiger partial charge in [-0.15, -0.1) is 0 Å². The molecular formula is C25H36N4O3S. The molecule has 1 amide bonds. The fraction of sp³-hybridized carbons (Fsp3) is 0.640. The van der Waals surface area contributed by atoms with Gasteiger partial charge in [-0.25, -0.2) is 9.97 Å². The highest BCUT2D eigenvalue weighted by atomic mass is 32.2. The van der Waals surface area contributed by atoms with E-state index in [1.54, 1.807) is 22.7 Å². The summed E-state index contributed by atoms with van der Waals surface area (Å²) in [5.74, 6) is 2.64. The smallest absolute Gasteiger partial charge is 0.289 e. The molecule has 1 aliphatic carbocycles. The number of rotatable bonds is 6. The molecule has 180 valence electrons. The number of hydrogen-bond donors (Lipinski definition) is 0. The second kappa shape index (κ2) is 10.5. The van der Waals surface area contributed by atoms with Crippen LogP contribution in [0.25, 0.3) is 0 Å². The molecule has 0 atom stereocenters. The van der Waals surface area contributed by atoms with Crippen LogP contribution in [0.1, 0.15) is 74.9 Å². The van der Waals surface area contributed by atoms with E-state index < -0.39 is 0 Å². The van der Waals surface area contributed by atoms with Gasteiger partial charge in [0.05, 0.1) is 24.7 Å². The van der Waals surface area contributed by atoms with Crippen LogP contribution in [-0.2, 0) is 15.9 Å². The number of carbonyl (C=O) groups is 1. The largest absolute Gasteiger partial charge is 0.455 e. The monoisotopic (exact) mass is 472 g/mol. The Kier molecular flexibility index (Phi) is 7.64. The Bertz CT molecular complexity index is 943. The van der Waals surface area contributed by atoms with Crippen LogP contribution in [-0.4, -0.2) is 60.2 Å². The number of nitrogens with zero attached hydrogens (tertiary/aromatic N) is 4. The maximum absolute atomic E-state index is 12.7. The summed E-state index contributed by atoms with van der Waals surface area (Å²) in [5.41, 5.74) is 0.975. The number of morpholine rings is 1. The predicted octanol–water partition coefficient (Wildman–Crippen LogP) is 4.90. The summed E-state index contributed by atoms with van der Waals surface area (Å²) in [6.45, 7) is 8.92. The number of furan rings is 1. The minimum Gasteiger partial charge on any atom is -0.455 e. The molecule has 0 aromatic carbocycles. The number of aromatic nitrogens is 2. The summed E-state index contributed by atoms with van der Waals surface area (Å²) in [4.78, 5) is 26.5.